The van der Waals surface area contributed by atoms with Gasteiger partial charge in [0.1, 0.15) is 5.82 Å². The number of nitrogens with zero attached hydrogens (tertiary/aromatic N) is 1. The normalized spacial score (nSPS) is 16.0. The zero-order valence-electron chi connectivity index (χ0n) is 16.2. The number of rotatable bonds is 7. The highest BCUT2D eigenvalue weighted by atomic mass is 19.1. The van der Waals surface area contributed by atoms with Crippen molar-refractivity contribution in [2.75, 3.05) is 24.6 Å². The topological polar surface area (TPSA) is 75.7 Å². The Morgan fingerprint density at radius 1 is 1.17 bits per heavy atom. The molecule has 7 heteroatoms. The van der Waals surface area contributed by atoms with Crippen molar-refractivity contribution in [3.63, 3.8) is 0 Å². The third kappa shape index (κ3) is 4.99. The Bertz CT molecular complexity index is 898. The molecule has 1 aliphatic heterocycles. The van der Waals surface area contributed by atoms with Crippen molar-refractivity contribution < 1.29 is 23.5 Å². The van der Waals surface area contributed by atoms with E-state index in [0.29, 0.717) is 36.4 Å². The highest BCUT2D eigenvalue weighted by Gasteiger charge is 2.35. The lowest BCUT2D eigenvalue weighted by Gasteiger charge is -2.17. The second-order valence-corrected chi connectivity index (χ2v) is 6.81. The number of esters is 1. The van der Waals surface area contributed by atoms with Crippen LogP contribution in [0, 0.1) is 11.7 Å². The zero-order valence-corrected chi connectivity index (χ0v) is 16.2. The maximum Gasteiger partial charge on any atom is 0.338 e. The number of benzene rings is 2. The number of carbonyl (C=O) groups excluding carboxylic acids is 3. The average Bonchev–Trinajstić information content (AvgIpc) is 3.11. The Balaban J connectivity index is 1.54. The first-order chi connectivity index (χ1) is 14.0. The van der Waals surface area contributed by atoms with Gasteiger partial charge in [0.2, 0.25) is 11.8 Å². The molecular formula is C22H23FN2O4. The molecule has 0 saturated carbocycles. The largest absolute Gasteiger partial charge is 0.462 e. The highest BCUT2D eigenvalue weighted by Crippen LogP contribution is 2.25. The molecule has 1 saturated heterocycles. The molecule has 2 aromatic rings. The fraction of sp³-hybridized carbons (Fsp3) is 0.318. The molecule has 0 aliphatic carbocycles. The van der Waals surface area contributed by atoms with Gasteiger partial charge in [-0.15, -0.1) is 0 Å². The van der Waals surface area contributed by atoms with Crippen molar-refractivity contribution in [1.82, 2.24) is 5.32 Å². The third-order valence-electron chi connectivity index (χ3n) is 4.84. The highest BCUT2D eigenvalue weighted by molar-refractivity contribution is 6.00. The van der Waals surface area contributed by atoms with Gasteiger partial charge in [0.15, 0.2) is 0 Å². The molecule has 29 heavy (non-hydrogen) atoms. The molecule has 0 spiro atoms. The van der Waals surface area contributed by atoms with E-state index in [1.165, 1.54) is 11.0 Å². The molecule has 2 amide bonds. The number of anilines is 1. The molecule has 1 aliphatic rings. The summed E-state index contributed by atoms with van der Waals surface area (Å²) >= 11 is 0. The van der Waals surface area contributed by atoms with Gasteiger partial charge in [-0.25, -0.2) is 9.18 Å². The summed E-state index contributed by atoms with van der Waals surface area (Å²) in [5, 5.41) is 2.79. The van der Waals surface area contributed by atoms with Gasteiger partial charge >= 0.3 is 5.97 Å². The molecule has 152 valence electrons. The molecule has 0 aromatic heterocycles. The Hall–Kier alpha value is -3.22. The second kappa shape index (κ2) is 9.32. The minimum atomic E-state index is -0.465. The summed E-state index contributed by atoms with van der Waals surface area (Å²) in [5.41, 5.74) is 1.58. The molecule has 6 nitrogen and oxygen atoms in total. The summed E-state index contributed by atoms with van der Waals surface area (Å²) in [6.07, 6.45) is 0.503. The summed E-state index contributed by atoms with van der Waals surface area (Å²) in [6, 6.07) is 13.0. The fourth-order valence-corrected chi connectivity index (χ4v) is 3.29. The number of hydrogen-bond acceptors (Lipinski definition) is 4. The van der Waals surface area contributed by atoms with Crippen molar-refractivity contribution in [1.29, 1.82) is 0 Å². The van der Waals surface area contributed by atoms with E-state index in [9.17, 15) is 18.8 Å². The number of ether oxygens (including phenoxy) is 1. The lowest BCUT2D eigenvalue weighted by molar-refractivity contribution is -0.126. The molecule has 1 atom stereocenters. The number of halogens is 1. The van der Waals surface area contributed by atoms with Crippen molar-refractivity contribution in [2.24, 2.45) is 5.92 Å². The first kappa shape index (κ1) is 20.5. The molecule has 0 bridgehead atoms. The van der Waals surface area contributed by atoms with Gasteiger partial charge in [0.25, 0.3) is 0 Å². The molecule has 1 heterocycles. The smallest absolute Gasteiger partial charge is 0.338 e. The molecule has 1 fully saturated rings. The summed E-state index contributed by atoms with van der Waals surface area (Å²) in [5.74, 6) is -1.55. The van der Waals surface area contributed by atoms with Crippen LogP contribution in [0.3, 0.4) is 0 Å². The lowest BCUT2D eigenvalue weighted by atomic mass is 10.1. The zero-order chi connectivity index (χ0) is 20.8. The summed E-state index contributed by atoms with van der Waals surface area (Å²) in [7, 11) is 0. The van der Waals surface area contributed by atoms with Gasteiger partial charge in [-0.05, 0) is 49.2 Å². The van der Waals surface area contributed by atoms with E-state index in [-0.39, 0.29) is 30.6 Å². The third-order valence-corrected chi connectivity index (χ3v) is 4.84. The Labute approximate surface area is 168 Å². The van der Waals surface area contributed by atoms with Gasteiger partial charge in [-0.2, -0.15) is 0 Å². The van der Waals surface area contributed by atoms with E-state index in [2.05, 4.69) is 5.32 Å². The van der Waals surface area contributed by atoms with Crippen LogP contribution < -0.4 is 10.2 Å². The minimum absolute atomic E-state index is 0.116. The van der Waals surface area contributed by atoms with Gasteiger partial charge in [-0.3, -0.25) is 9.59 Å². The number of nitrogens with one attached hydrogen (secondary N) is 1. The Kier molecular flexibility index (Phi) is 6.59. The van der Waals surface area contributed by atoms with E-state index in [1.807, 2.05) is 0 Å². The van der Waals surface area contributed by atoms with Crippen LogP contribution in [0.4, 0.5) is 10.1 Å². The molecular weight excluding hydrogens is 375 g/mol. The first-order valence-electron chi connectivity index (χ1n) is 9.58. The maximum atomic E-state index is 13.6. The van der Waals surface area contributed by atoms with Gasteiger partial charge in [0.05, 0.1) is 18.1 Å². The lowest BCUT2D eigenvalue weighted by Crippen LogP contribution is -2.34. The summed E-state index contributed by atoms with van der Waals surface area (Å²) < 4.78 is 18.6. The van der Waals surface area contributed by atoms with Crippen LogP contribution in [0.5, 0.6) is 0 Å². The number of carbonyl (C=O) groups is 3. The van der Waals surface area contributed by atoms with Gasteiger partial charge in [-0.1, -0.05) is 18.2 Å². The van der Waals surface area contributed by atoms with Crippen LogP contribution in [0.25, 0.3) is 0 Å². The average molecular weight is 398 g/mol. The maximum absolute atomic E-state index is 13.6. The summed E-state index contributed by atoms with van der Waals surface area (Å²) in [4.78, 5) is 38.0. The fourth-order valence-electron chi connectivity index (χ4n) is 3.29. The van der Waals surface area contributed by atoms with E-state index in [0.717, 1.165) is 0 Å². The molecule has 3 rings (SSSR count). The number of amides is 2. The van der Waals surface area contributed by atoms with Gasteiger partial charge in [0, 0.05) is 25.2 Å². The van der Waals surface area contributed by atoms with Crippen LogP contribution >= 0.6 is 0 Å². The molecule has 2 aromatic carbocycles. The molecule has 0 radical (unpaired) electrons. The van der Waals surface area contributed by atoms with E-state index >= 15 is 0 Å². The number of hydrogen-bond donors (Lipinski definition) is 1. The van der Waals surface area contributed by atoms with Crippen LogP contribution in [0.15, 0.2) is 48.5 Å². The van der Waals surface area contributed by atoms with Crippen LogP contribution in [-0.2, 0) is 20.7 Å². The first-order valence-corrected chi connectivity index (χ1v) is 9.58. The Morgan fingerprint density at radius 3 is 2.59 bits per heavy atom. The monoisotopic (exact) mass is 398 g/mol. The predicted octanol–water partition coefficient (Wildman–Crippen LogP) is 2.71. The van der Waals surface area contributed by atoms with Crippen molar-refractivity contribution in [2.45, 2.75) is 19.8 Å². The van der Waals surface area contributed by atoms with Crippen LogP contribution in [0.2, 0.25) is 0 Å². The molecule has 1 N–H and O–H groups in total. The predicted molar refractivity (Wildman–Crippen MR) is 106 cm³/mol. The molecule has 1 unspecified atom stereocenters. The van der Waals surface area contributed by atoms with Crippen molar-refractivity contribution >= 4 is 23.5 Å². The standard InChI is InChI=1S/C22H23FN2O4/c1-2-29-22(28)16-7-9-18(10-8-16)25-14-17(13-20(25)26)21(27)24-12-11-15-5-3-4-6-19(15)23/h3-10,17H,2,11-14H2,1H3,(H,24,27). The van der Waals surface area contributed by atoms with Crippen molar-refractivity contribution in [3.8, 4) is 0 Å². The SMILES string of the molecule is CCOC(=O)c1ccc(N2CC(C(=O)NCCc3ccccc3F)CC2=O)cc1. The van der Waals surface area contributed by atoms with E-state index in [1.54, 1.807) is 49.4 Å². The summed E-state index contributed by atoms with van der Waals surface area (Å²) in [6.45, 7) is 2.59. The van der Waals surface area contributed by atoms with Crippen LogP contribution in [-0.4, -0.2) is 37.5 Å². The van der Waals surface area contributed by atoms with Crippen LogP contribution in [0.1, 0.15) is 29.3 Å². The quantitative estimate of drug-likeness (QED) is 0.728. The Morgan fingerprint density at radius 2 is 1.90 bits per heavy atom. The van der Waals surface area contributed by atoms with E-state index < -0.39 is 11.9 Å². The minimum Gasteiger partial charge on any atom is -0.462 e. The van der Waals surface area contributed by atoms with Gasteiger partial charge < -0.3 is 15.0 Å². The second-order valence-electron chi connectivity index (χ2n) is 6.81. The van der Waals surface area contributed by atoms with E-state index in [4.69, 9.17) is 4.74 Å². The van der Waals surface area contributed by atoms with Crippen molar-refractivity contribution in [3.05, 3.63) is 65.5 Å².